The van der Waals surface area contributed by atoms with Crippen LogP contribution in [-0.4, -0.2) is 28.3 Å². The fraction of sp³-hybridized carbons (Fsp3) is 0.435. The number of benzene rings is 1. The van der Waals surface area contributed by atoms with Gasteiger partial charge < -0.3 is 4.90 Å². The first kappa shape index (κ1) is 22.0. The van der Waals surface area contributed by atoms with E-state index in [1.54, 1.807) is 0 Å². The van der Waals surface area contributed by atoms with Gasteiger partial charge in [-0.2, -0.15) is 0 Å². The Morgan fingerprint density at radius 2 is 1.23 bits per heavy atom. The number of hydrogen-bond acceptors (Lipinski definition) is 2. The maximum Gasteiger partial charge on any atom is 0.186 e. The van der Waals surface area contributed by atoms with Crippen LogP contribution in [0.5, 0.6) is 0 Å². The van der Waals surface area contributed by atoms with Gasteiger partial charge in [0.2, 0.25) is 0 Å². The summed E-state index contributed by atoms with van der Waals surface area (Å²) in [5, 5.41) is 0. The molecule has 0 saturated heterocycles. The van der Waals surface area contributed by atoms with Crippen LogP contribution < -0.4 is 4.90 Å². The molecular weight excluding hydrogens is 317 g/mol. The van der Waals surface area contributed by atoms with Gasteiger partial charge in [0.15, 0.2) is 5.78 Å². The summed E-state index contributed by atoms with van der Waals surface area (Å²) in [7, 11) is 4.08. The van der Waals surface area contributed by atoms with Crippen molar-refractivity contribution in [1.29, 1.82) is 0 Å². The molecule has 1 aliphatic carbocycles. The van der Waals surface area contributed by atoms with Crippen molar-refractivity contribution in [1.82, 2.24) is 0 Å². The first-order chi connectivity index (χ1) is 11.4. The molecule has 0 fully saturated rings. The van der Waals surface area contributed by atoms with Gasteiger partial charge in [0, 0.05) is 39.3 Å². The first-order valence-corrected chi connectivity index (χ1v) is 8.88. The van der Waals surface area contributed by atoms with Gasteiger partial charge in [-0.05, 0) is 52.3 Å². The van der Waals surface area contributed by atoms with Gasteiger partial charge in [-0.15, -0.1) is 0 Å². The summed E-state index contributed by atoms with van der Waals surface area (Å²) in [5.41, 5.74) is 4.84. The minimum Gasteiger partial charge on any atom is -0.378 e. The van der Waals surface area contributed by atoms with Gasteiger partial charge in [0.25, 0.3) is 0 Å². The number of nitrogens with zero attached hydrogens (tertiary/aromatic N) is 1. The van der Waals surface area contributed by atoms with Crippen molar-refractivity contribution in [3.8, 4) is 0 Å². The van der Waals surface area contributed by atoms with Crippen molar-refractivity contribution < 1.29 is 4.79 Å². The molecule has 0 atom stereocenters. The third-order valence-electron chi connectivity index (χ3n) is 4.47. The second-order valence-electron chi connectivity index (χ2n) is 9.08. The molecule has 137 valence electrons. The number of Topliss-reactive ketones (excluding diaryl/α,β-unsaturated/α-hetero) is 1. The average molecular weight is 348 g/mol. The third kappa shape index (κ3) is 5.00. The molecule has 0 aliphatic heterocycles. The zero-order valence-electron chi connectivity index (χ0n) is 17.5. The molecular formula is C23H31BNO. The number of allylic oxidation sites excluding steroid dienone is 5. The third-order valence-corrected chi connectivity index (χ3v) is 4.47. The Balaban J connectivity index is 0.00000338. The Morgan fingerprint density at radius 1 is 0.808 bits per heavy atom. The molecule has 26 heavy (non-hydrogen) atoms. The van der Waals surface area contributed by atoms with E-state index in [2.05, 4.69) is 88.9 Å². The van der Waals surface area contributed by atoms with Crippen LogP contribution in [0.15, 0.2) is 53.1 Å². The summed E-state index contributed by atoms with van der Waals surface area (Å²) in [5.74, 6) is 0.181. The van der Waals surface area contributed by atoms with Crippen molar-refractivity contribution in [3.05, 3.63) is 58.7 Å². The molecule has 1 aromatic rings. The van der Waals surface area contributed by atoms with Gasteiger partial charge in [0.05, 0.1) is 0 Å². The van der Waals surface area contributed by atoms with Crippen LogP contribution in [0.4, 0.5) is 5.69 Å². The molecule has 0 saturated carbocycles. The zero-order valence-corrected chi connectivity index (χ0v) is 17.5. The molecule has 2 rings (SSSR count). The second-order valence-corrected chi connectivity index (χ2v) is 9.08. The minimum absolute atomic E-state index is 0. The summed E-state index contributed by atoms with van der Waals surface area (Å²) in [4.78, 5) is 15.1. The number of rotatable bonds is 2. The number of hydrogen-bond donors (Lipinski definition) is 0. The number of ketones is 1. The normalized spacial score (nSPS) is 15.1. The van der Waals surface area contributed by atoms with Crippen LogP contribution >= 0.6 is 0 Å². The summed E-state index contributed by atoms with van der Waals surface area (Å²) in [6.07, 6.45) is 6.26. The van der Waals surface area contributed by atoms with Crippen LogP contribution in [0.3, 0.4) is 0 Å². The van der Waals surface area contributed by atoms with Crippen LogP contribution in [0.1, 0.15) is 47.1 Å². The molecule has 1 aromatic carbocycles. The van der Waals surface area contributed by atoms with Gasteiger partial charge in [-0.1, -0.05) is 53.7 Å². The smallest absolute Gasteiger partial charge is 0.186 e. The average Bonchev–Trinajstić information content (AvgIpc) is 2.47. The van der Waals surface area contributed by atoms with E-state index in [4.69, 9.17) is 0 Å². The molecule has 0 N–H and O–H groups in total. The predicted octanol–water partition coefficient (Wildman–Crippen LogP) is 5.28. The fourth-order valence-corrected chi connectivity index (χ4v) is 2.91. The minimum atomic E-state index is -0.171. The van der Waals surface area contributed by atoms with Gasteiger partial charge >= 0.3 is 0 Å². The van der Waals surface area contributed by atoms with Crippen molar-refractivity contribution in [2.45, 2.75) is 41.5 Å². The van der Waals surface area contributed by atoms with E-state index < -0.39 is 0 Å². The van der Waals surface area contributed by atoms with Crippen LogP contribution in [-0.2, 0) is 4.79 Å². The number of carbonyl (C=O) groups excluding carboxylic acids is 1. The molecule has 3 heteroatoms. The van der Waals surface area contributed by atoms with E-state index in [0.717, 1.165) is 22.3 Å². The van der Waals surface area contributed by atoms with Crippen LogP contribution in [0, 0.1) is 10.8 Å². The van der Waals surface area contributed by atoms with E-state index >= 15 is 0 Å². The molecule has 0 heterocycles. The summed E-state index contributed by atoms with van der Waals surface area (Å²) < 4.78 is 0. The highest BCUT2D eigenvalue weighted by molar-refractivity contribution is 6.12. The Hall–Kier alpha value is -2.03. The Kier molecular flexibility index (Phi) is 6.51. The van der Waals surface area contributed by atoms with E-state index in [1.165, 1.54) is 5.69 Å². The van der Waals surface area contributed by atoms with E-state index in [1.807, 2.05) is 14.1 Å². The van der Waals surface area contributed by atoms with Crippen molar-refractivity contribution >= 4 is 26.0 Å². The Bertz CT molecular complexity index is 715. The number of carbonyl (C=O) groups is 1. The van der Waals surface area contributed by atoms with E-state index in [9.17, 15) is 4.79 Å². The zero-order chi connectivity index (χ0) is 19.0. The van der Waals surface area contributed by atoms with E-state index in [0.29, 0.717) is 0 Å². The summed E-state index contributed by atoms with van der Waals surface area (Å²) >= 11 is 0. The fourth-order valence-electron chi connectivity index (χ4n) is 2.91. The molecule has 0 bridgehead atoms. The monoisotopic (exact) mass is 348 g/mol. The highest BCUT2D eigenvalue weighted by Gasteiger charge is 2.33. The molecule has 0 unspecified atom stereocenters. The molecule has 0 amide bonds. The van der Waals surface area contributed by atoms with E-state index in [-0.39, 0.29) is 25.0 Å². The summed E-state index contributed by atoms with van der Waals surface area (Å²) in [6.45, 7) is 12.6. The molecule has 2 nitrogen and oxygen atoms in total. The lowest BCUT2D eigenvalue weighted by Crippen LogP contribution is -2.27. The molecule has 1 aliphatic rings. The van der Waals surface area contributed by atoms with Crippen LogP contribution in [0.2, 0.25) is 0 Å². The Labute approximate surface area is 161 Å². The van der Waals surface area contributed by atoms with Crippen molar-refractivity contribution in [2.75, 3.05) is 19.0 Å². The molecule has 0 aromatic heterocycles. The summed E-state index contributed by atoms with van der Waals surface area (Å²) in [6, 6.07) is 8.47. The van der Waals surface area contributed by atoms with Gasteiger partial charge in [0.1, 0.15) is 0 Å². The lowest BCUT2D eigenvalue weighted by molar-refractivity contribution is -0.114. The largest absolute Gasteiger partial charge is 0.378 e. The maximum absolute atomic E-state index is 13.0. The van der Waals surface area contributed by atoms with Gasteiger partial charge in [-0.3, -0.25) is 4.79 Å². The number of anilines is 1. The van der Waals surface area contributed by atoms with Crippen LogP contribution in [0.25, 0.3) is 6.08 Å². The standard InChI is InChI=1S/C23H31NO.B/c1-22(2,3)19-14-17(15-20(21(19)25)23(4,5)6)13-16-9-11-18(12-10-16)24(7)8;/h9-15H,1-8H3;. The van der Waals surface area contributed by atoms with Gasteiger partial charge in [-0.25, -0.2) is 0 Å². The SMILES string of the molecule is CN(C)c1ccc(C=C2C=C(C(C)(C)C)C(=O)C(C(C)(C)C)=C2)cc1.[B]. The first-order valence-electron chi connectivity index (χ1n) is 8.88. The maximum atomic E-state index is 13.0. The lowest BCUT2D eigenvalue weighted by atomic mass is 9.72. The quantitative estimate of drug-likeness (QED) is 0.678. The topological polar surface area (TPSA) is 20.3 Å². The van der Waals surface area contributed by atoms with Crippen molar-refractivity contribution in [3.63, 3.8) is 0 Å². The molecule has 0 spiro atoms. The molecule has 3 radical (unpaired) electrons. The lowest BCUT2D eigenvalue weighted by Gasteiger charge is -2.31. The van der Waals surface area contributed by atoms with Crippen molar-refractivity contribution in [2.24, 2.45) is 10.8 Å². The second kappa shape index (κ2) is 7.69. The highest BCUT2D eigenvalue weighted by Crippen LogP contribution is 2.39. The highest BCUT2D eigenvalue weighted by atomic mass is 16.1. The Morgan fingerprint density at radius 3 is 1.58 bits per heavy atom. The predicted molar refractivity (Wildman–Crippen MR) is 115 cm³/mol.